The van der Waals surface area contributed by atoms with Crippen molar-refractivity contribution >= 4 is 39.5 Å². The minimum absolute atomic E-state index is 0.104. The van der Waals surface area contributed by atoms with Gasteiger partial charge < -0.3 is 33.8 Å². The molecule has 0 aliphatic rings. The Labute approximate surface area is 562 Å². The molecular weight excluding hydrogens is 1210 g/mol. The van der Waals surface area contributed by atoms with Crippen LogP contribution in [0.4, 0.5) is 0 Å². The number of rotatable bonds is 72. The Balaban J connectivity index is 5.12. The van der Waals surface area contributed by atoms with Crippen LogP contribution in [0.1, 0.15) is 375 Å². The van der Waals surface area contributed by atoms with Gasteiger partial charge in [-0.2, -0.15) is 0 Å². The highest BCUT2D eigenvalue weighted by Crippen LogP contribution is 2.45. The van der Waals surface area contributed by atoms with Gasteiger partial charge in [-0.3, -0.25) is 37.3 Å². The summed E-state index contributed by atoms with van der Waals surface area (Å²) in [5, 5.41) is 10.6. The molecule has 0 aromatic rings. The van der Waals surface area contributed by atoms with E-state index in [2.05, 4.69) is 41.5 Å². The van der Waals surface area contributed by atoms with Gasteiger partial charge in [0, 0.05) is 25.7 Å². The molecule has 19 heteroatoms. The van der Waals surface area contributed by atoms with Crippen molar-refractivity contribution in [2.24, 2.45) is 11.8 Å². The van der Waals surface area contributed by atoms with Crippen LogP contribution in [0.2, 0.25) is 0 Å². The second kappa shape index (κ2) is 65.0. The molecule has 0 aromatic heterocycles. The summed E-state index contributed by atoms with van der Waals surface area (Å²) in [5.74, 6) is -0.625. The highest BCUT2D eigenvalue weighted by Gasteiger charge is 2.30. The number of unbranched alkanes of at least 4 members (excludes halogenated alkanes) is 42. The quantitative estimate of drug-likeness (QED) is 0.0222. The van der Waals surface area contributed by atoms with Crippen LogP contribution in [0.3, 0.4) is 0 Å². The minimum Gasteiger partial charge on any atom is -0.462 e. The molecule has 92 heavy (non-hydrogen) atoms. The Bertz CT molecular complexity index is 1790. The van der Waals surface area contributed by atoms with Crippen LogP contribution in [0, 0.1) is 11.8 Å². The van der Waals surface area contributed by atoms with Crippen LogP contribution in [0.15, 0.2) is 0 Å². The number of hydrogen-bond donors (Lipinski definition) is 3. The fourth-order valence-corrected chi connectivity index (χ4v) is 12.7. The van der Waals surface area contributed by atoms with E-state index in [0.717, 1.165) is 108 Å². The first-order chi connectivity index (χ1) is 44.4. The molecule has 0 aliphatic carbocycles. The smallest absolute Gasteiger partial charge is 0.462 e. The van der Waals surface area contributed by atoms with E-state index < -0.39 is 97.5 Å². The molecule has 0 fully saturated rings. The molecule has 0 radical (unpaired) electrons. The number of esters is 4. The topological polar surface area (TPSA) is 237 Å². The van der Waals surface area contributed by atoms with Crippen LogP contribution in [0.5, 0.6) is 0 Å². The van der Waals surface area contributed by atoms with Crippen molar-refractivity contribution in [3.05, 3.63) is 0 Å². The summed E-state index contributed by atoms with van der Waals surface area (Å²) in [6.45, 7) is 9.46. The van der Waals surface area contributed by atoms with Gasteiger partial charge in [0.2, 0.25) is 0 Å². The van der Waals surface area contributed by atoms with Crippen LogP contribution < -0.4 is 0 Å². The molecule has 0 aliphatic heterocycles. The molecule has 0 bridgehead atoms. The zero-order chi connectivity index (χ0) is 67.9. The summed E-state index contributed by atoms with van der Waals surface area (Å²) in [6.07, 6.45) is 51.9. The van der Waals surface area contributed by atoms with Gasteiger partial charge in [-0.1, -0.05) is 324 Å². The number of hydrogen-bond acceptors (Lipinski definition) is 15. The first-order valence-electron chi connectivity index (χ1n) is 38.0. The molecule has 0 amide bonds. The van der Waals surface area contributed by atoms with Crippen LogP contribution in [0.25, 0.3) is 0 Å². The molecule has 0 rings (SSSR count). The predicted octanol–water partition coefficient (Wildman–Crippen LogP) is 21.2. The number of carbonyl (C=O) groups is 4. The number of phosphoric acid groups is 2. The van der Waals surface area contributed by atoms with E-state index in [-0.39, 0.29) is 25.7 Å². The van der Waals surface area contributed by atoms with Gasteiger partial charge in [-0.25, -0.2) is 9.13 Å². The van der Waals surface area contributed by atoms with Gasteiger partial charge in [-0.15, -0.1) is 0 Å². The van der Waals surface area contributed by atoms with E-state index in [9.17, 15) is 43.2 Å². The second-order valence-corrected chi connectivity index (χ2v) is 30.2. The maximum absolute atomic E-state index is 13.1. The lowest BCUT2D eigenvalue weighted by molar-refractivity contribution is -0.161. The molecule has 17 nitrogen and oxygen atoms in total. The predicted molar refractivity (Wildman–Crippen MR) is 372 cm³/mol. The fraction of sp³-hybridized carbons (Fsp3) is 0.945. The van der Waals surface area contributed by atoms with Crippen molar-refractivity contribution in [2.45, 2.75) is 394 Å². The zero-order valence-corrected chi connectivity index (χ0v) is 61.6. The normalized spacial score (nSPS) is 14.1. The van der Waals surface area contributed by atoms with Gasteiger partial charge in [0.15, 0.2) is 12.2 Å². The van der Waals surface area contributed by atoms with E-state index in [1.54, 1.807) is 0 Å². The number of phosphoric ester groups is 2. The maximum Gasteiger partial charge on any atom is 0.472 e. The van der Waals surface area contributed by atoms with Gasteiger partial charge in [-0.05, 0) is 37.5 Å². The lowest BCUT2D eigenvalue weighted by Gasteiger charge is -2.21. The molecule has 2 unspecified atom stereocenters. The van der Waals surface area contributed by atoms with E-state index in [1.807, 2.05) is 0 Å². The van der Waals surface area contributed by atoms with E-state index in [1.165, 1.54) is 186 Å². The zero-order valence-electron chi connectivity index (χ0n) is 59.9. The van der Waals surface area contributed by atoms with E-state index >= 15 is 0 Å². The summed E-state index contributed by atoms with van der Waals surface area (Å²) < 4.78 is 68.2. The Morgan fingerprint density at radius 1 is 0.293 bits per heavy atom. The molecule has 0 aromatic carbocycles. The molecule has 0 saturated heterocycles. The second-order valence-electron chi connectivity index (χ2n) is 27.3. The Hall–Kier alpha value is -1.94. The lowest BCUT2D eigenvalue weighted by atomic mass is 10.0. The van der Waals surface area contributed by atoms with Crippen molar-refractivity contribution < 1.29 is 80.2 Å². The highest BCUT2D eigenvalue weighted by molar-refractivity contribution is 7.47. The molecule has 3 N–H and O–H groups in total. The summed E-state index contributed by atoms with van der Waals surface area (Å²) in [4.78, 5) is 72.4. The van der Waals surface area contributed by atoms with Crippen molar-refractivity contribution in [3.63, 3.8) is 0 Å². The monoisotopic (exact) mass is 1350 g/mol. The van der Waals surface area contributed by atoms with Crippen molar-refractivity contribution in [2.75, 3.05) is 39.6 Å². The maximum atomic E-state index is 13.1. The van der Waals surface area contributed by atoms with Crippen LogP contribution in [-0.4, -0.2) is 96.7 Å². The van der Waals surface area contributed by atoms with Gasteiger partial charge in [0.1, 0.15) is 19.3 Å². The average molecular weight is 1350 g/mol. The Morgan fingerprint density at radius 3 is 0.739 bits per heavy atom. The standard InChI is InChI=1S/C73H142O17P2/c1-7-9-11-13-14-15-16-17-18-19-20-21-22-23-24-25-28-34-39-45-51-57-72(77)90-69(62-84-71(76)56-50-44-38-33-29-26-27-31-36-42-47-53-65(3)4)64-88-92(81,82)86-60-67(74)59-85-91(79,80)87-63-68(61-83-70(75)55-49-41-12-10-8-2)89-73(78)58-52-46-40-35-30-32-37-43-48-54-66(5)6/h65-69,74H,7-64H2,1-6H3,(H,79,80)(H,81,82)/t67-,68+,69+/m0/s1. The SMILES string of the molecule is CCCCCCCCCCCCCCCCCCCCCCCC(=O)O[C@H](COC(=O)CCCCCCCCCCCCCC(C)C)COP(=O)(O)OC[C@@H](O)COP(=O)(O)OC[C@@H](COC(=O)CCCCCCC)OC(=O)CCCCCCCCCCCC(C)C. The van der Waals surface area contributed by atoms with E-state index in [0.29, 0.717) is 25.7 Å². The third-order valence-corrected chi connectivity index (χ3v) is 18.9. The first kappa shape index (κ1) is 90.1. The Morgan fingerprint density at radius 2 is 0.500 bits per heavy atom. The van der Waals surface area contributed by atoms with Gasteiger partial charge in [0.25, 0.3) is 0 Å². The van der Waals surface area contributed by atoms with Crippen molar-refractivity contribution in [1.82, 2.24) is 0 Å². The van der Waals surface area contributed by atoms with Gasteiger partial charge in [0.05, 0.1) is 26.4 Å². The Kier molecular flexibility index (Phi) is 63.7. The molecule has 0 heterocycles. The first-order valence-corrected chi connectivity index (χ1v) is 41.0. The molecule has 5 atom stereocenters. The molecule has 0 saturated carbocycles. The summed E-state index contributed by atoms with van der Waals surface area (Å²) in [7, 11) is -9.89. The van der Waals surface area contributed by atoms with E-state index in [4.69, 9.17) is 37.0 Å². The number of aliphatic hydroxyl groups is 1. The third-order valence-electron chi connectivity index (χ3n) is 17.0. The minimum atomic E-state index is -4.95. The molecular formula is C73H142O17P2. The number of ether oxygens (including phenoxy) is 4. The average Bonchev–Trinajstić information content (AvgIpc) is 1.83. The number of aliphatic hydroxyl groups excluding tert-OH is 1. The molecule has 0 spiro atoms. The van der Waals surface area contributed by atoms with Gasteiger partial charge >= 0.3 is 39.5 Å². The van der Waals surface area contributed by atoms with Crippen LogP contribution >= 0.6 is 15.6 Å². The number of carbonyl (C=O) groups excluding carboxylic acids is 4. The highest BCUT2D eigenvalue weighted by atomic mass is 31.2. The van der Waals surface area contributed by atoms with Crippen LogP contribution in [-0.2, 0) is 65.4 Å². The van der Waals surface area contributed by atoms with Crippen molar-refractivity contribution in [3.8, 4) is 0 Å². The lowest BCUT2D eigenvalue weighted by Crippen LogP contribution is -2.30. The fourth-order valence-electron chi connectivity index (χ4n) is 11.1. The summed E-state index contributed by atoms with van der Waals surface area (Å²) >= 11 is 0. The largest absolute Gasteiger partial charge is 0.472 e. The van der Waals surface area contributed by atoms with Crippen molar-refractivity contribution in [1.29, 1.82) is 0 Å². The molecule has 546 valence electrons. The summed E-state index contributed by atoms with van der Waals surface area (Å²) in [5.41, 5.74) is 0. The summed E-state index contributed by atoms with van der Waals surface area (Å²) in [6, 6.07) is 0. The third kappa shape index (κ3) is 66.7.